The zero-order valence-electron chi connectivity index (χ0n) is 9.37. The fourth-order valence-corrected chi connectivity index (χ4v) is 1.95. The van der Waals surface area contributed by atoms with Gasteiger partial charge in [0, 0.05) is 12.5 Å². The van der Waals surface area contributed by atoms with Crippen LogP contribution in [0.4, 0.5) is 0 Å². The van der Waals surface area contributed by atoms with E-state index in [0.29, 0.717) is 16.5 Å². The summed E-state index contributed by atoms with van der Waals surface area (Å²) in [5.74, 6) is 0. The Labute approximate surface area is 106 Å². The van der Waals surface area contributed by atoms with Crippen LogP contribution in [-0.4, -0.2) is 19.0 Å². The summed E-state index contributed by atoms with van der Waals surface area (Å²) in [4.78, 5) is 2.08. The molecule has 86 valence electrons. The van der Waals surface area contributed by atoms with Crippen molar-refractivity contribution < 1.29 is 0 Å². The van der Waals surface area contributed by atoms with Crippen LogP contribution in [0.25, 0.3) is 0 Å². The normalized spacial score (nSPS) is 12.5. The molecule has 0 amide bonds. The van der Waals surface area contributed by atoms with Gasteiger partial charge in [-0.2, -0.15) is 5.26 Å². The predicted octanol–water partition coefficient (Wildman–Crippen LogP) is 3.90. The van der Waals surface area contributed by atoms with E-state index in [0.717, 1.165) is 12.0 Å². The van der Waals surface area contributed by atoms with Crippen LogP contribution >= 0.6 is 23.2 Å². The topological polar surface area (TPSA) is 27.0 Å². The molecule has 0 heterocycles. The molecule has 0 radical (unpaired) electrons. The maximum atomic E-state index is 8.63. The minimum Gasteiger partial charge on any atom is -0.302 e. The first kappa shape index (κ1) is 13.3. The number of nitriles is 1. The molecule has 1 rings (SSSR count). The van der Waals surface area contributed by atoms with Gasteiger partial charge in [0.1, 0.15) is 0 Å². The zero-order chi connectivity index (χ0) is 12.1. The molecule has 1 atom stereocenters. The molecule has 0 aliphatic carbocycles. The van der Waals surface area contributed by atoms with E-state index < -0.39 is 0 Å². The van der Waals surface area contributed by atoms with Gasteiger partial charge in [0.05, 0.1) is 16.1 Å². The Bertz CT molecular complexity index is 396. The van der Waals surface area contributed by atoms with Gasteiger partial charge in [-0.05, 0) is 38.2 Å². The van der Waals surface area contributed by atoms with Crippen LogP contribution in [-0.2, 0) is 0 Å². The van der Waals surface area contributed by atoms with Crippen LogP contribution < -0.4 is 0 Å². The van der Waals surface area contributed by atoms with Crippen LogP contribution in [0.5, 0.6) is 0 Å². The third-order valence-corrected chi connectivity index (χ3v) is 3.22. The monoisotopic (exact) mass is 256 g/mol. The number of halogens is 2. The van der Waals surface area contributed by atoms with Gasteiger partial charge in [-0.3, -0.25) is 0 Å². The number of hydrogen-bond acceptors (Lipinski definition) is 2. The SMILES string of the molecule is CN(C)C(CCC#N)c1ccc(Cl)c(Cl)c1. The third-order valence-electron chi connectivity index (χ3n) is 2.48. The molecule has 1 aromatic carbocycles. The van der Waals surface area contributed by atoms with Gasteiger partial charge < -0.3 is 4.90 Å². The lowest BCUT2D eigenvalue weighted by Crippen LogP contribution is -2.19. The Hall–Kier alpha value is -0.750. The summed E-state index contributed by atoms with van der Waals surface area (Å²) in [5.41, 5.74) is 1.09. The largest absolute Gasteiger partial charge is 0.302 e. The Morgan fingerprint density at radius 2 is 2.00 bits per heavy atom. The molecule has 1 aromatic rings. The Morgan fingerprint density at radius 3 is 2.50 bits per heavy atom. The molecule has 1 unspecified atom stereocenters. The maximum absolute atomic E-state index is 8.63. The van der Waals surface area contributed by atoms with Crippen molar-refractivity contribution in [3.05, 3.63) is 33.8 Å². The molecule has 2 nitrogen and oxygen atoms in total. The van der Waals surface area contributed by atoms with E-state index in [9.17, 15) is 0 Å². The second-order valence-corrected chi connectivity index (χ2v) is 4.66. The molecule has 0 bridgehead atoms. The molecule has 0 aromatic heterocycles. The highest BCUT2D eigenvalue weighted by atomic mass is 35.5. The maximum Gasteiger partial charge on any atom is 0.0622 e. The van der Waals surface area contributed by atoms with Gasteiger partial charge >= 0.3 is 0 Å². The van der Waals surface area contributed by atoms with Crippen LogP contribution in [0.3, 0.4) is 0 Å². The molecule has 0 aliphatic heterocycles. The van der Waals surface area contributed by atoms with Crippen molar-refractivity contribution >= 4 is 23.2 Å². The molecule has 0 N–H and O–H groups in total. The second-order valence-electron chi connectivity index (χ2n) is 3.85. The lowest BCUT2D eigenvalue weighted by Gasteiger charge is -2.24. The average Bonchev–Trinajstić information content (AvgIpc) is 2.23. The first-order valence-corrected chi connectivity index (χ1v) is 5.80. The van der Waals surface area contributed by atoms with Gasteiger partial charge in [0.25, 0.3) is 0 Å². The number of benzene rings is 1. The fourth-order valence-electron chi connectivity index (χ4n) is 1.64. The van der Waals surface area contributed by atoms with Gasteiger partial charge in [-0.25, -0.2) is 0 Å². The quantitative estimate of drug-likeness (QED) is 0.817. The van der Waals surface area contributed by atoms with E-state index in [4.69, 9.17) is 28.5 Å². The highest BCUT2D eigenvalue weighted by Gasteiger charge is 2.14. The molecule has 0 saturated carbocycles. The molecule has 4 heteroatoms. The van der Waals surface area contributed by atoms with E-state index in [1.807, 2.05) is 26.2 Å². The summed E-state index contributed by atoms with van der Waals surface area (Å²) < 4.78 is 0. The van der Waals surface area contributed by atoms with Crippen molar-refractivity contribution in [1.82, 2.24) is 4.90 Å². The van der Waals surface area contributed by atoms with Gasteiger partial charge in [0.2, 0.25) is 0 Å². The van der Waals surface area contributed by atoms with Crippen molar-refractivity contribution in [3.63, 3.8) is 0 Å². The minimum atomic E-state index is 0.203. The van der Waals surface area contributed by atoms with E-state index in [1.54, 1.807) is 6.07 Å². The second kappa shape index (κ2) is 6.10. The van der Waals surface area contributed by atoms with Crippen LogP contribution in [0.1, 0.15) is 24.4 Å². The van der Waals surface area contributed by atoms with E-state index in [2.05, 4.69) is 11.0 Å². The van der Waals surface area contributed by atoms with E-state index in [-0.39, 0.29) is 6.04 Å². The van der Waals surface area contributed by atoms with Crippen LogP contribution in [0.2, 0.25) is 10.0 Å². The summed E-state index contributed by atoms with van der Waals surface area (Å²) in [6, 6.07) is 7.98. The van der Waals surface area contributed by atoms with Crippen molar-refractivity contribution in [3.8, 4) is 6.07 Å². The van der Waals surface area contributed by atoms with Gasteiger partial charge in [-0.1, -0.05) is 29.3 Å². The van der Waals surface area contributed by atoms with E-state index in [1.165, 1.54) is 0 Å². The standard InChI is InChI=1S/C12H14Cl2N2/c1-16(2)12(4-3-7-15)9-5-6-10(13)11(14)8-9/h5-6,8,12H,3-4H2,1-2H3. The van der Waals surface area contributed by atoms with Crippen LogP contribution in [0, 0.1) is 11.3 Å². The number of hydrogen-bond donors (Lipinski definition) is 0. The summed E-state index contributed by atoms with van der Waals surface area (Å²) >= 11 is 11.9. The molecule has 0 aliphatic rings. The molecule has 0 fully saturated rings. The fraction of sp³-hybridized carbons (Fsp3) is 0.417. The summed E-state index contributed by atoms with van der Waals surface area (Å²) in [6.07, 6.45) is 1.32. The average molecular weight is 257 g/mol. The molecule has 0 saturated heterocycles. The van der Waals surface area contributed by atoms with Crippen molar-refractivity contribution in [2.24, 2.45) is 0 Å². The van der Waals surface area contributed by atoms with Gasteiger partial charge in [0.15, 0.2) is 0 Å². The van der Waals surface area contributed by atoms with Gasteiger partial charge in [-0.15, -0.1) is 0 Å². The first-order valence-electron chi connectivity index (χ1n) is 5.04. The molecular weight excluding hydrogens is 243 g/mol. The zero-order valence-corrected chi connectivity index (χ0v) is 10.9. The minimum absolute atomic E-state index is 0.203. The highest BCUT2D eigenvalue weighted by Crippen LogP contribution is 2.29. The Morgan fingerprint density at radius 1 is 1.31 bits per heavy atom. The van der Waals surface area contributed by atoms with Crippen molar-refractivity contribution in [1.29, 1.82) is 5.26 Å². The van der Waals surface area contributed by atoms with Crippen molar-refractivity contribution in [2.75, 3.05) is 14.1 Å². The summed E-state index contributed by atoms with van der Waals surface area (Å²) in [5, 5.41) is 9.74. The van der Waals surface area contributed by atoms with Crippen molar-refractivity contribution in [2.45, 2.75) is 18.9 Å². The van der Waals surface area contributed by atoms with Crippen LogP contribution in [0.15, 0.2) is 18.2 Å². The molecule has 0 spiro atoms. The summed E-state index contributed by atoms with van der Waals surface area (Å²) in [6.45, 7) is 0. The first-order chi connectivity index (χ1) is 7.56. The molecule has 16 heavy (non-hydrogen) atoms. The lowest BCUT2D eigenvalue weighted by atomic mass is 10.0. The highest BCUT2D eigenvalue weighted by molar-refractivity contribution is 6.42. The third kappa shape index (κ3) is 3.38. The predicted molar refractivity (Wildman–Crippen MR) is 67.7 cm³/mol. The Balaban J connectivity index is 2.93. The lowest BCUT2D eigenvalue weighted by molar-refractivity contribution is 0.286. The van der Waals surface area contributed by atoms with E-state index >= 15 is 0 Å². The summed E-state index contributed by atoms with van der Waals surface area (Å²) in [7, 11) is 3.98. The molecular formula is C12H14Cl2N2. The smallest absolute Gasteiger partial charge is 0.0622 e. The number of rotatable bonds is 4. The Kier molecular flexibility index (Phi) is 5.08. The number of nitrogens with zero attached hydrogens (tertiary/aromatic N) is 2.